The molecule has 0 amide bonds. The first-order valence-corrected chi connectivity index (χ1v) is 5.61. The Bertz CT molecular complexity index is 299. The Balaban J connectivity index is 0. The second-order valence-electron chi connectivity index (χ2n) is 3.93. The van der Waals surface area contributed by atoms with Gasteiger partial charge in [0.2, 0.25) is 0 Å². The molecule has 0 fully saturated rings. The number of carboxylic acids is 1. The number of carbonyl (C=O) groups excluding carboxylic acids is 1. The van der Waals surface area contributed by atoms with Gasteiger partial charge in [-0.15, -0.1) is 0 Å². The number of hydrogen-bond donors (Lipinski definition) is 4. The Labute approximate surface area is 107 Å². The molecular weight excluding hydrogens is 240 g/mol. The van der Waals surface area contributed by atoms with Crippen LogP contribution in [0.25, 0.3) is 0 Å². The first-order chi connectivity index (χ1) is 8.10. The fourth-order valence-electron chi connectivity index (χ4n) is 0.984. The number of Topliss-reactive ketones (excluding diaryl/α,β-unsaturated/α-hetero) is 1. The van der Waals surface area contributed by atoms with Crippen molar-refractivity contribution in [2.75, 3.05) is 0 Å². The fourth-order valence-corrected chi connectivity index (χ4v) is 0.984. The average Bonchev–Trinajstić information content (AvgIpc) is 2.27. The Kier molecular flexibility index (Phi) is 9.11. The van der Waals surface area contributed by atoms with Gasteiger partial charge in [0.15, 0.2) is 5.78 Å². The molecule has 0 saturated heterocycles. The molecule has 106 valence electrons. The van der Waals surface area contributed by atoms with E-state index < -0.39 is 29.9 Å². The summed E-state index contributed by atoms with van der Waals surface area (Å²) in [4.78, 5) is 20.9. The fraction of sp³-hybridized carbons (Fsp3) is 0.667. The van der Waals surface area contributed by atoms with Crippen molar-refractivity contribution in [2.24, 2.45) is 0 Å². The van der Waals surface area contributed by atoms with Crippen molar-refractivity contribution in [1.29, 1.82) is 0 Å². The predicted molar refractivity (Wildman–Crippen MR) is 66.2 cm³/mol. The van der Waals surface area contributed by atoms with Crippen molar-refractivity contribution >= 4 is 11.8 Å². The van der Waals surface area contributed by atoms with Gasteiger partial charge < -0.3 is 20.4 Å². The minimum Gasteiger partial charge on any atom is -0.510 e. The molecule has 18 heavy (non-hydrogen) atoms. The summed E-state index contributed by atoms with van der Waals surface area (Å²) in [6.45, 7) is 7.66. The second-order valence-corrected chi connectivity index (χ2v) is 3.93. The lowest BCUT2D eigenvalue weighted by Crippen LogP contribution is -2.38. The monoisotopic (exact) mass is 262 g/mol. The summed E-state index contributed by atoms with van der Waals surface area (Å²) < 4.78 is 0. The lowest BCUT2D eigenvalue weighted by molar-refractivity contribution is -0.150. The average molecular weight is 262 g/mol. The number of aliphatic hydroxyl groups excluding tert-OH is 2. The van der Waals surface area contributed by atoms with Crippen molar-refractivity contribution in [3.8, 4) is 0 Å². The molecule has 0 aliphatic carbocycles. The summed E-state index contributed by atoms with van der Waals surface area (Å²) in [6.07, 6.45) is -0.594. The highest BCUT2D eigenvalue weighted by atomic mass is 16.4. The number of carbonyl (C=O) groups is 2. The van der Waals surface area contributed by atoms with Gasteiger partial charge in [0.1, 0.15) is 17.5 Å². The molecule has 2 atom stereocenters. The molecule has 0 aromatic carbocycles. The van der Waals surface area contributed by atoms with E-state index in [1.54, 1.807) is 13.8 Å². The number of carboxylic acid groups (broad SMARTS) is 1. The molecule has 0 saturated carbocycles. The van der Waals surface area contributed by atoms with Gasteiger partial charge in [-0.1, -0.05) is 20.4 Å². The number of rotatable bonds is 6. The largest absolute Gasteiger partial charge is 0.510 e. The number of aliphatic carboxylic acids is 1. The molecule has 0 aromatic heterocycles. The van der Waals surface area contributed by atoms with E-state index >= 15 is 0 Å². The Morgan fingerprint density at radius 1 is 1.28 bits per heavy atom. The van der Waals surface area contributed by atoms with Crippen LogP contribution in [0.3, 0.4) is 0 Å². The molecule has 0 aliphatic rings. The maximum absolute atomic E-state index is 10.7. The highest BCUT2D eigenvalue weighted by Gasteiger charge is 2.32. The summed E-state index contributed by atoms with van der Waals surface area (Å²) in [6, 6.07) is 0. The maximum atomic E-state index is 10.7. The molecule has 0 aliphatic heterocycles. The third-order valence-corrected chi connectivity index (χ3v) is 2.46. The Hall–Kier alpha value is -1.40. The zero-order valence-corrected chi connectivity index (χ0v) is 11.0. The van der Waals surface area contributed by atoms with Gasteiger partial charge in [-0.3, -0.25) is 9.59 Å². The maximum Gasteiger partial charge on any atom is 0.306 e. The molecule has 0 heterocycles. The number of aliphatic hydroxyl groups is 3. The Morgan fingerprint density at radius 3 is 1.78 bits per heavy atom. The molecule has 0 aromatic rings. The van der Waals surface area contributed by atoms with Crippen LogP contribution in [0.15, 0.2) is 12.3 Å². The molecule has 0 rings (SSSR count). The van der Waals surface area contributed by atoms with Gasteiger partial charge in [0.25, 0.3) is 0 Å². The van der Waals surface area contributed by atoms with Crippen LogP contribution < -0.4 is 0 Å². The zero-order valence-electron chi connectivity index (χ0n) is 11.0. The summed E-state index contributed by atoms with van der Waals surface area (Å²) >= 11 is 0. The van der Waals surface area contributed by atoms with Crippen LogP contribution in [0.1, 0.15) is 40.0 Å². The smallest absolute Gasteiger partial charge is 0.306 e. The lowest BCUT2D eigenvalue weighted by atomic mass is 9.92. The Morgan fingerprint density at radius 2 is 1.72 bits per heavy atom. The zero-order chi connectivity index (χ0) is 14.9. The van der Waals surface area contributed by atoms with E-state index in [2.05, 4.69) is 6.58 Å². The summed E-state index contributed by atoms with van der Waals surface area (Å²) in [7, 11) is 0. The van der Waals surface area contributed by atoms with Crippen LogP contribution in [0, 0.1) is 0 Å². The molecule has 0 unspecified atom stereocenters. The second kappa shape index (κ2) is 8.66. The first-order valence-electron chi connectivity index (χ1n) is 5.61. The number of hydrogen-bond acceptors (Lipinski definition) is 5. The molecule has 6 nitrogen and oxygen atoms in total. The normalized spacial score (nSPS) is 14.7. The van der Waals surface area contributed by atoms with E-state index in [9.17, 15) is 14.7 Å². The quantitative estimate of drug-likeness (QED) is 0.531. The van der Waals surface area contributed by atoms with Crippen molar-refractivity contribution < 1.29 is 30.0 Å². The lowest BCUT2D eigenvalue weighted by Gasteiger charge is -2.20. The van der Waals surface area contributed by atoms with Crippen LogP contribution in [-0.2, 0) is 9.59 Å². The SMILES string of the molecule is C=C(O)[C@@H](O)CC.CC[C@@](O)(CC(=O)O)C(C)=O. The summed E-state index contributed by atoms with van der Waals surface area (Å²) in [5.41, 5.74) is -1.67. The van der Waals surface area contributed by atoms with Crippen LogP contribution in [0.4, 0.5) is 0 Å². The highest BCUT2D eigenvalue weighted by molar-refractivity contribution is 5.88. The third-order valence-electron chi connectivity index (χ3n) is 2.46. The standard InChI is InChI=1S/C7H12O4.C5H10O2/c1-3-7(11,5(2)8)4-6(9)10;1-3-5(7)4(2)6/h11H,3-4H2,1-2H3,(H,9,10);5-7H,2-3H2,1H3/t7-;5-/m10/s1. The van der Waals surface area contributed by atoms with E-state index in [-0.39, 0.29) is 12.2 Å². The molecule has 6 heteroatoms. The van der Waals surface area contributed by atoms with Crippen molar-refractivity contribution in [3.05, 3.63) is 12.3 Å². The molecule has 0 bridgehead atoms. The molecule has 4 N–H and O–H groups in total. The predicted octanol–water partition coefficient (Wildman–Crippen LogP) is 1.02. The van der Waals surface area contributed by atoms with Crippen molar-refractivity contribution in [1.82, 2.24) is 0 Å². The first kappa shape index (κ1) is 19.0. The van der Waals surface area contributed by atoms with Crippen molar-refractivity contribution in [3.63, 3.8) is 0 Å². The molecular formula is C12H22O6. The van der Waals surface area contributed by atoms with Gasteiger partial charge in [0.05, 0.1) is 6.42 Å². The minimum atomic E-state index is -1.67. The van der Waals surface area contributed by atoms with Gasteiger partial charge in [-0.25, -0.2) is 0 Å². The van der Waals surface area contributed by atoms with Crippen LogP contribution in [-0.4, -0.2) is 43.9 Å². The van der Waals surface area contributed by atoms with Gasteiger partial charge >= 0.3 is 5.97 Å². The third kappa shape index (κ3) is 7.81. The summed E-state index contributed by atoms with van der Waals surface area (Å²) in [5, 5.41) is 34.6. The highest BCUT2D eigenvalue weighted by Crippen LogP contribution is 2.15. The van der Waals surface area contributed by atoms with Gasteiger partial charge in [-0.2, -0.15) is 0 Å². The molecule has 0 spiro atoms. The van der Waals surface area contributed by atoms with Gasteiger partial charge in [0, 0.05) is 0 Å². The van der Waals surface area contributed by atoms with Crippen molar-refractivity contribution in [2.45, 2.75) is 51.7 Å². The van der Waals surface area contributed by atoms with E-state index in [1.165, 1.54) is 6.92 Å². The van der Waals surface area contributed by atoms with Crippen LogP contribution in [0.5, 0.6) is 0 Å². The van der Waals surface area contributed by atoms with E-state index in [0.29, 0.717) is 6.42 Å². The topological polar surface area (TPSA) is 115 Å². The number of ketones is 1. The van der Waals surface area contributed by atoms with Gasteiger partial charge in [-0.05, 0) is 19.8 Å². The van der Waals surface area contributed by atoms with Crippen LogP contribution in [0.2, 0.25) is 0 Å². The summed E-state index contributed by atoms with van der Waals surface area (Å²) in [5.74, 6) is -1.81. The minimum absolute atomic E-state index is 0.134. The van der Waals surface area contributed by atoms with Crippen LogP contribution >= 0.6 is 0 Å². The van der Waals surface area contributed by atoms with E-state index in [4.69, 9.17) is 15.3 Å². The molecule has 0 radical (unpaired) electrons. The van der Waals surface area contributed by atoms with E-state index in [0.717, 1.165) is 0 Å². The van der Waals surface area contributed by atoms with E-state index in [1.807, 2.05) is 0 Å².